The molecule has 0 bridgehead atoms. The molecule has 0 amide bonds. The van der Waals surface area contributed by atoms with Gasteiger partial charge in [-0.25, -0.2) is 0 Å². The fraction of sp³-hybridized carbons (Fsp3) is 0.941. The number of unbranched alkanes of at least 4 members (excludes halogenated alkanes) is 7. The fourth-order valence-corrected chi connectivity index (χ4v) is 2.35. The first-order chi connectivity index (χ1) is 9.20. The van der Waals surface area contributed by atoms with Crippen molar-refractivity contribution >= 4 is 5.78 Å². The van der Waals surface area contributed by atoms with Crippen LogP contribution in [0, 0.1) is 0 Å². The molecule has 19 heavy (non-hydrogen) atoms. The van der Waals surface area contributed by atoms with Crippen LogP contribution < -0.4 is 0 Å². The molecule has 0 aromatic carbocycles. The van der Waals surface area contributed by atoms with E-state index in [9.17, 15) is 9.90 Å². The molecule has 0 rings (SSSR count). The van der Waals surface area contributed by atoms with Crippen LogP contribution in [0.5, 0.6) is 0 Å². The number of hydrogen-bond donors (Lipinski definition) is 1. The van der Waals surface area contributed by atoms with E-state index in [1.165, 1.54) is 44.9 Å². The lowest BCUT2D eigenvalue weighted by Crippen LogP contribution is -2.05. The summed E-state index contributed by atoms with van der Waals surface area (Å²) in [5.74, 6) is 0.404. The van der Waals surface area contributed by atoms with Crippen molar-refractivity contribution in [1.29, 1.82) is 0 Å². The number of Topliss-reactive ketones (excluding diaryl/α,β-unsaturated/α-hetero) is 1. The summed E-state index contributed by atoms with van der Waals surface area (Å²) in [4.78, 5) is 11.1. The van der Waals surface area contributed by atoms with Crippen LogP contribution in [0.25, 0.3) is 0 Å². The number of hydrogen-bond acceptors (Lipinski definition) is 2. The third-order valence-electron chi connectivity index (χ3n) is 3.78. The van der Waals surface area contributed by atoms with Crippen LogP contribution in [-0.4, -0.2) is 17.0 Å². The second-order valence-electron chi connectivity index (χ2n) is 5.70. The van der Waals surface area contributed by atoms with E-state index in [2.05, 4.69) is 6.92 Å². The quantitative estimate of drug-likeness (QED) is 0.450. The third-order valence-corrected chi connectivity index (χ3v) is 3.78. The highest BCUT2D eigenvalue weighted by molar-refractivity contribution is 5.77. The molecule has 0 aromatic heterocycles. The van der Waals surface area contributed by atoms with Crippen LogP contribution in [0.15, 0.2) is 0 Å². The van der Waals surface area contributed by atoms with Crippen LogP contribution in [0.2, 0.25) is 0 Å². The molecular weight excluding hydrogens is 236 g/mol. The largest absolute Gasteiger partial charge is 0.393 e. The lowest BCUT2D eigenvalue weighted by molar-refractivity contribution is -0.118. The Bertz CT molecular complexity index is 201. The average Bonchev–Trinajstić information content (AvgIpc) is 2.42. The van der Waals surface area contributed by atoms with Crippen LogP contribution in [0.3, 0.4) is 0 Å². The maximum Gasteiger partial charge on any atom is 0.132 e. The molecule has 0 saturated carbocycles. The number of aliphatic hydroxyl groups excluding tert-OH is 1. The number of carbonyl (C=O) groups excluding carboxylic acids is 1. The maximum absolute atomic E-state index is 11.1. The standard InChI is InChI=1S/C17H34O2/c1-3-5-13-17(19)15-12-10-8-6-7-9-11-14-16(18)4-2/h17,19H,3-15H2,1-2H3. The van der Waals surface area contributed by atoms with Crippen molar-refractivity contribution in [2.45, 2.75) is 103 Å². The summed E-state index contributed by atoms with van der Waals surface area (Å²) >= 11 is 0. The summed E-state index contributed by atoms with van der Waals surface area (Å²) in [6.45, 7) is 4.11. The van der Waals surface area contributed by atoms with Gasteiger partial charge in [-0.05, 0) is 19.3 Å². The molecule has 0 spiro atoms. The fourth-order valence-electron chi connectivity index (χ4n) is 2.35. The van der Waals surface area contributed by atoms with Gasteiger partial charge in [-0.3, -0.25) is 4.79 Å². The van der Waals surface area contributed by atoms with Gasteiger partial charge in [0, 0.05) is 12.8 Å². The Morgan fingerprint density at radius 1 is 0.842 bits per heavy atom. The second-order valence-corrected chi connectivity index (χ2v) is 5.70. The van der Waals surface area contributed by atoms with Gasteiger partial charge in [-0.15, -0.1) is 0 Å². The van der Waals surface area contributed by atoms with Crippen LogP contribution in [0.4, 0.5) is 0 Å². The molecular formula is C17H34O2. The van der Waals surface area contributed by atoms with Crippen molar-refractivity contribution in [3.05, 3.63) is 0 Å². The van der Waals surface area contributed by atoms with Gasteiger partial charge in [0.1, 0.15) is 5.78 Å². The first-order valence-corrected chi connectivity index (χ1v) is 8.40. The van der Waals surface area contributed by atoms with Gasteiger partial charge in [0.2, 0.25) is 0 Å². The molecule has 0 aliphatic rings. The Labute approximate surface area is 120 Å². The highest BCUT2D eigenvalue weighted by Crippen LogP contribution is 2.13. The Balaban J connectivity index is 3.12. The molecule has 0 aliphatic carbocycles. The predicted octanol–water partition coefficient (Wildman–Crippen LogP) is 5.03. The normalized spacial score (nSPS) is 12.6. The summed E-state index contributed by atoms with van der Waals surface area (Å²) in [5.41, 5.74) is 0. The zero-order chi connectivity index (χ0) is 14.3. The van der Waals surface area contributed by atoms with Gasteiger partial charge in [-0.2, -0.15) is 0 Å². The zero-order valence-electron chi connectivity index (χ0n) is 13.1. The zero-order valence-corrected chi connectivity index (χ0v) is 13.1. The molecule has 0 radical (unpaired) electrons. The van der Waals surface area contributed by atoms with Crippen LogP contribution in [0.1, 0.15) is 97.3 Å². The predicted molar refractivity (Wildman–Crippen MR) is 82.4 cm³/mol. The topological polar surface area (TPSA) is 37.3 Å². The summed E-state index contributed by atoms with van der Waals surface area (Å²) in [5, 5.41) is 9.70. The third kappa shape index (κ3) is 13.9. The summed E-state index contributed by atoms with van der Waals surface area (Å²) < 4.78 is 0. The number of carbonyl (C=O) groups is 1. The summed E-state index contributed by atoms with van der Waals surface area (Å²) in [6.07, 6.45) is 14.2. The number of rotatable bonds is 14. The summed E-state index contributed by atoms with van der Waals surface area (Å²) in [7, 11) is 0. The van der Waals surface area contributed by atoms with Crippen LogP contribution in [-0.2, 0) is 4.79 Å². The van der Waals surface area contributed by atoms with Gasteiger partial charge in [0.05, 0.1) is 6.10 Å². The average molecular weight is 270 g/mol. The summed E-state index contributed by atoms with van der Waals surface area (Å²) in [6, 6.07) is 0. The molecule has 1 atom stereocenters. The monoisotopic (exact) mass is 270 g/mol. The van der Waals surface area contributed by atoms with Crippen molar-refractivity contribution in [1.82, 2.24) is 0 Å². The van der Waals surface area contributed by atoms with Crippen molar-refractivity contribution in [2.75, 3.05) is 0 Å². The van der Waals surface area contributed by atoms with Gasteiger partial charge in [0.25, 0.3) is 0 Å². The first-order valence-electron chi connectivity index (χ1n) is 8.40. The molecule has 1 unspecified atom stereocenters. The molecule has 2 heteroatoms. The Hall–Kier alpha value is -0.370. The minimum atomic E-state index is -0.0694. The van der Waals surface area contributed by atoms with Crippen LogP contribution >= 0.6 is 0 Å². The van der Waals surface area contributed by atoms with E-state index in [4.69, 9.17) is 0 Å². The molecule has 114 valence electrons. The molecule has 0 heterocycles. The van der Waals surface area contributed by atoms with Crippen molar-refractivity contribution in [3.63, 3.8) is 0 Å². The van der Waals surface area contributed by atoms with Crippen molar-refractivity contribution in [2.24, 2.45) is 0 Å². The highest BCUT2D eigenvalue weighted by atomic mass is 16.3. The molecule has 0 aromatic rings. The van der Waals surface area contributed by atoms with E-state index in [0.29, 0.717) is 12.2 Å². The maximum atomic E-state index is 11.1. The van der Waals surface area contributed by atoms with E-state index in [1.54, 1.807) is 0 Å². The van der Waals surface area contributed by atoms with Crippen molar-refractivity contribution < 1.29 is 9.90 Å². The highest BCUT2D eigenvalue weighted by Gasteiger charge is 2.02. The van der Waals surface area contributed by atoms with E-state index in [-0.39, 0.29) is 6.10 Å². The number of ketones is 1. The van der Waals surface area contributed by atoms with E-state index in [1.807, 2.05) is 6.92 Å². The smallest absolute Gasteiger partial charge is 0.132 e. The second kappa shape index (κ2) is 14.0. The van der Waals surface area contributed by atoms with Gasteiger partial charge in [-0.1, -0.05) is 65.2 Å². The van der Waals surface area contributed by atoms with Crippen molar-refractivity contribution in [3.8, 4) is 0 Å². The lowest BCUT2D eigenvalue weighted by Gasteiger charge is -2.09. The Morgan fingerprint density at radius 2 is 1.37 bits per heavy atom. The number of aliphatic hydroxyl groups is 1. The van der Waals surface area contributed by atoms with E-state index >= 15 is 0 Å². The minimum absolute atomic E-state index is 0.0694. The van der Waals surface area contributed by atoms with Gasteiger partial charge in [0.15, 0.2) is 0 Å². The van der Waals surface area contributed by atoms with E-state index < -0.39 is 0 Å². The Kier molecular flexibility index (Phi) is 13.8. The molecule has 0 fully saturated rings. The van der Waals surface area contributed by atoms with Gasteiger partial charge >= 0.3 is 0 Å². The van der Waals surface area contributed by atoms with Gasteiger partial charge < -0.3 is 5.11 Å². The first kappa shape index (κ1) is 18.6. The molecule has 2 nitrogen and oxygen atoms in total. The SMILES string of the molecule is CCCCC(O)CCCCCCCCCC(=O)CC. The molecule has 0 saturated heterocycles. The lowest BCUT2D eigenvalue weighted by atomic mass is 10.0. The van der Waals surface area contributed by atoms with E-state index in [0.717, 1.165) is 32.1 Å². The molecule has 0 aliphatic heterocycles. The Morgan fingerprint density at radius 3 is 1.95 bits per heavy atom. The minimum Gasteiger partial charge on any atom is -0.393 e. The molecule has 1 N–H and O–H groups in total.